The van der Waals surface area contributed by atoms with E-state index in [4.69, 9.17) is 9.84 Å². The molecule has 1 aliphatic rings. The molecule has 0 radical (unpaired) electrons. The van der Waals surface area contributed by atoms with E-state index in [0.29, 0.717) is 19.6 Å². The molecular weight excluding hydrogens is 330 g/mol. The maximum absolute atomic E-state index is 12.0. The van der Waals surface area contributed by atoms with E-state index in [1.165, 1.54) is 22.3 Å². The normalized spacial score (nSPS) is 13.8. The van der Waals surface area contributed by atoms with E-state index in [1.807, 2.05) is 24.3 Å². The lowest BCUT2D eigenvalue weighted by Crippen LogP contribution is -2.27. The van der Waals surface area contributed by atoms with Gasteiger partial charge >= 0.3 is 6.09 Å². The predicted molar refractivity (Wildman–Crippen MR) is 100 cm³/mol. The summed E-state index contributed by atoms with van der Waals surface area (Å²) in [5.41, 5.74) is 4.80. The molecule has 2 aromatic rings. The number of hydrogen-bond acceptors (Lipinski definition) is 4. The topological polar surface area (TPSA) is 78.8 Å². The molecule has 2 aromatic carbocycles. The number of fused-ring (bicyclic) bond motifs is 3. The van der Waals surface area contributed by atoms with Gasteiger partial charge in [-0.15, -0.1) is 0 Å². The van der Waals surface area contributed by atoms with Gasteiger partial charge in [-0.05, 0) is 41.5 Å². The predicted octanol–water partition coefficient (Wildman–Crippen LogP) is 3.05. The van der Waals surface area contributed by atoms with Crippen LogP contribution in [0.5, 0.6) is 0 Å². The van der Waals surface area contributed by atoms with Gasteiger partial charge in [0.05, 0.1) is 12.7 Å². The van der Waals surface area contributed by atoms with Gasteiger partial charge in [-0.25, -0.2) is 4.79 Å². The van der Waals surface area contributed by atoms with Gasteiger partial charge in [0, 0.05) is 12.5 Å². The Bertz CT molecular complexity index is 701. The number of ether oxygens (including phenoxy) is 1. The minimum absolute atomic E-state index is 0.0628. The molecule has 0 fully saturated rings. The van der Waals surface area contributed by atoms with Crippen molar-refractivity contribution in [1.82, 2.24) is 5.32 Å². The molecule has 1 amide bonds. The molecule has 5 heteroatoms. The van der Waals surface area contributed by atoms with Crippen molar-refractivity contribution in [3.63, 3.8) is 0 Å². The molecule has 5 nitrogen and oxygen atoms in total. The van der Waals surface area contributed by atoms with Crippen LogP contribution in [0.3, 0.4) is 0 Å². The van der Waals surface area contributed by atoms with Gasteiger partial charge in [-0.1, -0.05) is 48.5 Å². The van der Waals surface area contributed by atoms with E-state index in [1.54, 1.807) is 0 Å². The molecule has 3 N–H and O–H groups in total. The minimum Gasteiger partial charge on any atom is -0.449 e. The minimum atomic E-state index is -0.676. The Labute approximate surface area is 153 Å². The van der Waals surface area contributed by atoms with Crippen molar-refractivity contribution in [2.75, 3.05) is 19.8 Å². The molecule has 26 heavy (non-hydrogen) atoms. The van der Waals surface area contributed by atoms with E-state index in [-0.39, 0.29) is 12.5 Å². The number of unbranched alkanes of at least 4 members (excludes halogenated alkanes) is 1. The first-order chi connectivity index (χ1) is 12.7. The quantitative estimate of drug-likeness (QED) is 0.636. The number of aliphatic hydroxyl groups excluding tert-OH is 2. The van der Waals surface area contributed by atoms with Gasteiger partial charge in [0.25, 0.3) is 0 Å². The number of amides is 1. The average molecular weight is 355 g/mol. The van der Waals surface area contributed by atoms with E-state index in [2.05, 4.69) is 29.6 Å². The summed E-state index contributed by atoms with van der Waals surface area (Å²) in [6, 6.07) is 16.5. The van der Waals surface area contributed by atoms with Crippen LogP contribution in [0.4, 0.5) is 4.79 Å². The Morgan fingerprint density at radius 1 is 1.04 bits per heavy atom. The molecule has 0 aromatic heterocycles. The van der Waals surface area contributed by atoms with Crippen LogP contribution in [0, 0.1) is 0 Å². The highest BCUT2D eigenvalue weighted by Crippen LogP contribution is 2.44. The summed E-state index contributed by atoms with van der Waals surface area (Å²) in [6.07, 6.45) is 0.911. The van der Waals surface area contributed by atoms with Crippen molar-refractivity contribution in [1.29, 1.82) is 0 Å². The van der Waals surface area contributed by atoms with Crippen LogP contribution in [0.15, 0.2) is 48.5 Å². The van der Waals surface area contributed by atoms with Crippen molar-refractivity contribution >= 4 is 6.09 Å². The summed E-state index contributed by atoms with van der Waals surface area (Å²) in [5.74, 6) is 0.0628. The smallest absolute Gasteiger partial charge is 0.407 e. The second kappa shape index (κ2) is 8.83. The number of aliphatic hydroxyl groups is 2. The van der Waals surface area contributed by atoms with Crippen molar-refractivity contribution in [2.45, 2.75) is 31.3 Å². The number of hydrogen-bond donors (Lipinski definition) is 3. The maximum Gasteiger partial charge on any atom is 0.407 e. The highest BCUT2D eigenvalue weighted by Gasteiger charge is 2.28. The van der Waals surface area contributed by atoms with Gasteiger partial charge in [0.2, 0.25) is 0 Å². The van der Waals surface area contributed by atoms with E-state index in [9.17, 15) is 9.90 Å². The summed E-state index contributed by atoms with van der Waals surface area (Å²) in [6.45, 7) is 0.581. The van der Waals surface area contributed by atoms with Crippen LogP contribution in [-0.2, 0) is 4.74 Å². The lowest BCUT2D eigenvalue weighted by atomic mass is 9.98. The summed E-state index contributed by atoms with van der Waals surface area (Å²) in [7, 11) is 0. The summed E-state index contributed by atoms with van der Waals surface area (Å²) in [4.78, 5) is 12.0. The first-order valence-corrected chi connectivity index (χ1v) is 9.08. The van der Waals surface area contributed by atoms with Crippen molar-refractivity contribution in [2.24, 2.45) is 0 Å². The molecule has 1 atom stereocenters. The Balaban J connectivity index is 1.50. The summed E-state index contributed by atoms with van der Waals surface area (Å²) < 4.78 is 5.45. The number of alkyl carbamates (subject to hydrolysis) is 1. The van der Waals surface area contributed by atoms with Crippen LogP contribution in [0.25, 0.3) is 11.1 Å². The Morgan fingerprint density at radius 2 is 1.65 bits per heavy atom. The van der Waals surface area contributed by atoms with E-state index >= 15 is 0 Å². The molecule has 0 unspecified atom stereocenters. The number of nitrogens with one attached hydrogen (secondary N) is 1. The maximum atomic E-state index is 12.0. The molecule has 0 bridgehead atoms. The zero-order chi connectivity index (χ0) is 18.4. The molecule has 1 aliphatic carbocycles. The van der Waals surface area contributed by atoms with Crippen LogP contribution >= 0.6 is 0 Å². The van der Waals surface area contributed by atoms with Crippen molar-refractivity contribution in [3.8, 4) is 11.1 Å². The Morgan fingerprint density at radius 3 is 2.27 bits per heavy atom. The van der Waals surface area contributed by atoms with Gasteiger partial charge in [-0.3, -0.25) is 0 Å². The average Bonchev–Trinajstić information content (AvgIpc) is 3.00. The van der Waals surface area contributed by atoms with Crippen molar-refractivity contribution < 1.29 is 19.7 Å². The largest absolute Gasteiger partial charge is 0.449 e. The third-order valence-electron chi connectivity index (χ3n) is 4.79. The lowest BCUT2D eigenvalue weighted by Gasteiger charge is -2.14. The molecule has 0 heterocycles. The van der Waals surface area contributed by atoms with Crippen LogP contribution in [0.1, 0.15) is 36.3 Å². The first kappa shape index (κ1) is 18.4. The molecule has 3 rings (SSSR count). The van der Waals surface area contributed by atoms with Gasteiger partial charge in [-0.2, -0.15) is 0 Å². The fourth-order valence-corrected chi connectivity index (χ4v) is 3.44. The van der Waals surface area contributed by atoms with E-state index in [0.717, 1.165) is 12.8 Å². The number of rotatable bonds is 8. The zero-order valence-electron chi connectivity index (χ0n) is 14.7. The first-order valence-electron chi connectivity index (χ1n) is 9.08. The lowest BCUT2D eigenvalue weighted by molar-refractivity contribution is 0.0861. The molecule has 0 aliphatic heterocycles. The Hall–Kier alpha value is -2.37. The number of benzene rings is 2. The van der Waals surface area contributed by atoms with E-state index < -0.39 is 12.2 Å². The van der Waals surface area contributed by atoms with Crippen molar-refractivity contribution in [3.05, 3.63) is 59.7 Å². The third-order valence-corrected chi connectivity index (χ3v) is 4.79. The molecule has 0 saturated carbocycles. The highest BCUT2D eigenvalue weighted by molar-refractivity contribution is 5.79. The fourth-order valence-electron chi connectivity index (χ4n) is 3.44. The number of carbonyl (C=O) groups excluding carboxylic acids is 1. The second-order valence-corrected chi connectivity index (χ2v) is 6.58. The SMILES string of the molecule is O=C(NCCCC[C@@H](O)CO)OCC1c2ccccc2-c2ccccc21. The van der Waals surface area contributed by atoms with Gasteiger partial charge in [0.1, 0.15) is 6.61 Å². The highest BCUT2D eigenvalue weighted by atomic mass is 16.5. The molecular formula is C21H25NO4. The molecule has 0 saturated heterocycles. The standard InChI is InChI=1S/C21H25NO4/c23-13-15(24)7-5-6-12-22-21(25)26-14-20-18-10-3-1-8-16(18)17-9-2-4-11-19(17)20/h1-4,8-11,15,20,23-24H,5-7,12-14H2,(H,22,25)/t15-/m1/s1. The second-order valence-electron chi connectivity index (χ2n) is 6.58. The third kappa shape index (κ3) is 4.23. The van der Waals surface area contributed by atoms with Crippen LogP contribution in [-0.4, -0.2) is 42.2 Å². The number of carbonyl (C=O) groups is 1. The summed E-state index contributed by atoms with van der Waals surface area (Å²) in [5, 5.41) is 20.8. The van der Waals surface area contributed by atoms with Gasteiger partial charge in [0.15, 0.2) is 0 Å². The van der Waals surface area contributed by atoms with Crippen LogP contribution in [0.2, 0.25) is 0 Å². The molecule has 138 valence electrons. The monoisotopic (exact) mass is 355 g/mol. The fraction of sp³-hybridized carbons (Fsp3) is 0.381. The van der Waals surface area contributed by atoms with Crippen LogP contribution < -0.4 is 5.32 Å². The zero-order valence-corrected chi connectivity index (χ0v) is 14.7. The summed E-state index contributed by atoms with van der Waals surface area (Å²) >= 11 is 0. The Kier molecular flexibility index (Phi) is 6.26. The molecule has 0 spiro atoms. The van der Waals surface area contributed by atoms with Gasteiger partial charge < -0.3 is 20.3 Å².